The number of H-pyrrole nitrogens is 1. The normalized spacial score (nSPS) is 26.6. The summed E-state index contributed by atoms with van der Waals surface area (Å²) in [6, 6.07) is 0.964. The molecule has 1 unspecified atom stereocenters. The molecule has 7 nitrogen and oxygen atoms in total. The maximum atomic E-state index is 14.6. The molecular formula is C19H19F2N5O2. The van der Waals surface area contributed by atoms with Gasteiger partial charge in [-0.2, -0.15) is 0 Å². The first-order chi connectivity index (χ1) is 13.5. The standard InChI is InChI=1S/C19H19F2N5O2/c20-11-5-12-14(7-23-17(12)22-6-11)26-8-13(21)18(25-26)24-16-10-3-1-9(2-4-10)15(16)19(27)28/h5-10,15-16H,1-4H2,(H,22,23)(H,24,25)(H,27,28)/t9?,10?,15-,16?/m0/s1. The Bertz CT molecular complexity index is 1050. The SMILES string of the molecule is O=C(O)[C@H]1C2CCC(CC2)C1Nc1nn(-c2c[nH]c3ncc(F)cc23)cc1F. The van der Waals surface area contributed by atoms with Crippen molar-refractivity contribution in [1.82, 2.24) is 19.7 Å². The van der Waals surface area contributed by atoms with Crippen molar-refractivity contribution in [2.45, 2.75) is 31.7 Å². The number of halogens is 2. The van der Waals surface area contributed by atoms with Crippen molar-refractivity contribution in [3.63, 3.8) is 0 Å². The van der Waals surface area contributed by atoms with E-state index < -0.39 is 23.5 Å². The zero-order chi connectivity index (χ0) is 19.4. The molecule has 3 aliphatic carbocycles. The maximum absolute atomic E-state index is 14.6. The van der Waals surface area contributed by atoms with Crippen LogP contribution in [0.25, 0.3) is 16.7 Å². The van der Waals surface area contributed by atoms with Gasteiger partial charge < -0.3 is 15.4 Å². The summed E-state index contributed by atoms with van der Waals surface area (Å²) in [5, 5.41) is 17.5. The molecule has 6 rings (SSSR count). The lowest BCUT2D eigenvalue weighted by molar-refractivity contribution is -0.148. The number of nitrogens with zero attached hydrogens (tertiary/aromatic N) is 3. The van der Waals surface area contributed by atoms with Crippen LogP contribution >= 0.6 is 0 Å². The van der Waals surface area contributed by atoms with Crippen LogP contribution in [-0.4, -0.2) is 36.9 Å². The number of carbonyl (C=O) groups is 1. The number of aliphatic carboxylic acids is 1. The monoisotopic (exact) mass is 387 g/mol. The number of fused-ring (bicyclic) bond motifs is 4. The van der Waals surface area contributed by atoms with Gasteiger partial charge in [0.25, 0.3) is 0 Å². The molecule has 0 aliphatic heterocycles. The van der Waals surface area contributed by atoms with Gasteiger partial charge in [-0.25, -0.2) is 18.4 Å². The van der Waals surface area contributed by atoms with E-state index in [-0.39, 0.29) is 23.7 Å². The van der Waals surface area contributed by atoms with Gasteiger partial charge >= 0.3 is 5.97 Å². The Morgan fingerprint density at radius 1 is 1.25 bits per heavy atom. The van der Waals surface area contributed by atoms with Crippen molar-refractivity contribution in [1.29, 1.82) is 0 Å². The van der Waals surface area contributed by atoms with E-state index in [2.05, 4.69) is 20.4 Å². The average Bonchev–Trinajstić information content (AvgIpc) is 3.25. The molecule has 0 saturated heterocycles. The molecule has 3 aliphatic rings. The minimum atomic E-state index is -0.843. The van der Waals surface area contributed by atoms with Crippen LogP contribution in [-0.2, 0) is 4.79 Å². The molecule has 0 spiro atoms. The van der Waals surface area contributed by atoms with Crippen LogP contribution in [0.15, 0.2) is 24.7 Å². The van der Waals surface area contributed by atoms with Crippen LogP contribution in [0, 0.1) is 29.4 Å². The summed E-state index contributed by atoms with van der Waals surface area (Å²) in [5.74, 6) is -2.13. The van der Waals surface area contributed by atoms with Gasteiger partial charge in [0.2, 0.25) is 0 Å². The average molecular weight is 387 g/mol. The van der Waals surface area contributed by atoms with Crippen LogP contribution in [0.1, 0.15) is 25.7 Å². The van der Waals surface area contributed by atoms with Gasteiger partial charge in [-0.3, -0.25) is 4.79 Å². The highest BCUT2D eigenvalue weighted by molar-refractivity contribution is 5.85. The van der Waals surface area contributed by atoms with Gasteiger partial charge in [-0.15, -0.1) is 5.10 Å². The van der Waals surface area contributed by atoms with E-state index >= 15 is 0 Å². The minimum absolute atomic E-state index is 0.0162. The van der Waals surface area contributed by atoms with Crippen LogP contribution in [0.3, 0.4) is 0 Å². The Morgan fingerprint density at radius 2 is 2.00 bits per heavy atom. The molecule has 0 amide bonds. The predicted octanol–water partition coefficient (Wildman–Crippen LogP) is 3.33. The van der Waals surface area contributed by atoms with Crippen LogP contribution in [0.5, 0.6) is 0 Å². The van der Waals surface area contributed by atoms with E-state index in [4.69, 9.17) is 0 Å². The van der Waals surface area contributed by atoms with Crippen molar-refractivity contribution in [2.24, 2.45) is 17.8 Å². The van der Waals surface area contributed by atoms with Gasteiger partial charge in [0.15, 0.2) is 11.6 Å². The molecule has 3 aromatic heterocycles. The molecule has 3 aromatic rings. The minimum Gasteiger partial charge on any atom is -0.481 e. The first-order valence-electron chi connectivity index (χ1n) is 9.39. The maximum Gasteiger partial charge on any atom is 0.308 e. The molecule has 3 saturated carbocycles. The molecule has 28 heavy (non-hydrogen) atoms. The topological polar surface area (TPSA) is 95.8 Å². The summed E-state index contributed by atoms with van der Waals surface area (Å²) in [6.07, 6.45) is 7.59. The number of hydrogen-bond donors (Lipinski definition) is 3. The fourth-order valence-corrected chi connectivity index (χ4v) is 4.90. The largest absolute Gasteiger partial charge is 0.481 e. The molecule has 3 fully saturated rings. The molecule has 0 aromatic carbocycles. The number of hydrogen-bond acceptors (Lipinski definition) is 4. The third kappa shape index (κ3) is 2.64. The second kappa shape index (κ2) is 6.29. The van der Waals surface area contributed by atoms with Crippen molar-refractivity contribution in [3.8, 4) is 5.69 Å². The Kier molecular flexibility index (Phi) is 3.85. The summed E-state index contributed by atoms with van der Waals surface area (Å²) >= 11 is 0. The van der Waals surface area contributed by atoms with Gasteiger partial charge in [0.1, 0.15) is 11.5 Å². The molecule has 2 atom stereocenters. The Morgan fingerprint density at radius 3 is 2.75 bits per heavy atom. The van der Waals surface area contributed by atoms with Gasteiger partial charge in [0, 0.05) is 17.6 Å². The highest BCUT2D eigenvalue weighted by atomic mass is 19.1. The van der Waals surface area contributed by atoms with Crippen molar-refractivity contribution in [2.75, 3.05) is 5.32 Å². The summed E-state index contributed by atoms with van der Waals surface area (Å²) in [7, 11) is 0. The highest BCUT2D eigenvalue weighted by Gasteiger charge is 2.47. The smallest absolute Gasteiger partial charge is 0.308 e. The van der Waals surface area contributed by atoms with Crippen molar-refractivity contribution >= 4 is 22.8 Å². The molecule has 3 N–H and O–H groups in total. The van der Waals surface area contributed by atoms with E-state index in [0.717, 1.165) is 31.9 Å². The molecule has 9 heteroatoms. The van der Waals surface area contributed by atoms with E-state index in [1.54, 1.807) is 6.20 Å². The van der Waals surface area contributed by atoms with Crippen molar-refractivity contribution < 1.29 is 18.7 Å². The molecule has 0 radical (unpaired) electrons. The predicted molar refractivity (Wildman–Crippen MR) is 97.1 cm³/mol. The molecule has 2 bridgehead atoms. The Balaban J connectivity index is 1.48. The molecule has 146 valence electrons. The summed E-state index contributed by atoms with van der Waals surface area (Å²) < 4.78 is 29.5. The fourth-order valence-electron chi connectivity index (χ4n) is 4.90. The molecular weight excluding hydrogens is 368 g/mol. The van der Waals surface area contributed by atoms with E-state index in [1.807, 2.05) is 0 Å². The van der Waals surface area contributed by atoms with E-state index in [9.17, 15) is 18.7 Å². The summed E-state index contributed by atoms with van der Waals surface area (Å²) in [4.78, 5) is 18.7. The third-order valence-corrected chi connectivity index (χ3v) is 6.20. The van der Waals surface area contributed by atoms with Gasteiger partial charge in [-0.1, -0.05) is 0 Å². The zero-order valence-corrected chi connectivity index (χ0v) is 14.9. The van der Waals surface area contributed by atoms with Crippen molar-refractivity contribution in [3.05, 3.63) is 36.3 Å². The lowest BCUT2D eigenvalue weighted by Crippen LogP contribution is -2.51. The van der Waals surface area contributed by atoms with E-state index in [0.29, 0.717) is 16.7 Å². The Hall–Kier alpha value is -2.97. The van der Waals surface area contributed by atoms with Crippen LogP contribution in [0.2, 0.25) is 0 Å². The number of pyridine rings is 1. The number of nitrogens with one attached hydrogen (secondary N) is 2. The second-order valence-electron chi connectivity index (χ2n) is 7.70. The Labute approximate surface area is 158 Å². The van der Waals surface area contributed by atoms with Crippen LogP contribution in [0.4, 0.5) is 14.6 Å². The van der Waals surface area contributed by atoms with Gasteiger partial charge in [-0.05, 0) is 43.6 Å². The first-order valence-corrected chi connectivity index (χ1v) is 9.39. The third-order valence-electron chi connectivity index (χ3n) is 6.20. The number of aromatic amines is 1. The van der Waals surface area contributed by atoms with Gasteiger partial charge in [0.05, 0.1) is 24.0 Å². The number of carboxylic acid groups (broad SMARTS) is 1. The summed E-state index contributed by atoms with van der Waals surface area (Å²) in [5.41, 5.74) is 0.936. The van der Waals surface area contributed by atoms with E-state index in [1.165, 1.54) is 16.9 Å². The lowest BCUT2D eigenvalue weighted by atomic mass is 9.61. The quantitative estimate of drug-likeness (QED) is 0.638. The lowest BCUT2D eigenvalue weighted by Gasteiger charge is -2.46. The number of anilines is 1. The highest BCUT2D eigenvalue weighted by Crippen LogP contribution is 2.46. The summed E-state index contributed by atoms with van der Waals surface area (Å²) in [6.45, 7) is 0. The fraction of sp³-hybridized carbons (Fsp3) is 0.421. The second-order valence-corrected chi connectivity index (χ2v) is 7.70. The zero-order valence-electron chi connectivity index (χ0n) is 14.9. The number of rotatable bonds is 4. The first kappa shape index (κ1) is 17.2. The molecule has 3 heterocycles. The number of carboxylic acids is 1. The number of aromatic nitrogens is 4. The van der Waals surface area contributed by atoms with Crippen LogP contribution < -0.4 is 5.32 Å².